The number of halogens is 2. The molecule has 4 heteroatoms. The van der Waals surface area contributed by atoms with Crippen molar-refractivity contribution in [1.82, 2.24) is 5.32 Å². The number of amides is 1. The van der Waals surface area contributed by atoms with Gasteiger partial charge in [0.05, 0.1) is 5.54 Å². The van der Waals surface area contributed by atoms with Crippen LogP contribution in [0, 0.1) is 18.7 Å². The zero-order valence-electron chi connectivity index (χ0n) is 12.0. The Hall–Kier alpha value is -1.09. The molecule has 2 atom stereocenters. The number of carbonyl (C=O) groups is 1. The fourth-order valence-corrected chi connectivity index (χ4v) is 3.43. The van der Waals surface area contributed by atoms with Gasteiger partial charge in [0.1, 0.15) is 5.82 Å². The molecule has 2 nitrogen and oxygen atoms in total. The first-order valence-electron chi connectivity index (χ1n) is 7.10. The molecule has 0 heterocycles. The van der Waals surface area contributed by atoms with Crippen LogP contribution in [0.2, 0.25) is 0 Å². The number of aryl methyl sites for hydroxylation is 1. The Morgan fingerprint density at radius 1 is 1.55 bits per heavy atom. The molecule has 0 radical (unpaired) electrons. The van der Waals surface area contributed by atoms with E-state index in [1.165, 1.54) is 24.6 Å². The minimum Gasteiger partial charge on any atom is -0.345 e. The van der Waals surface area contributed by atoms with Crippen LogP contribution in [-0.4, -0.2) is 17.3 Å². The molecule has 1 aromatic carbocycles. The summed E-state index contributed by atoms with van der Waals surface area (Å²) >= 11 is 6.12. The molecule has 1 fully saturated rings. The molecule has 0 aliphatic heterocycles. The summed E-state index contributed by atoms with van der Waals surface area (Å²) in [6.45, 7) is 3.94. The predicted molar refractivity (Wildman–Crippen MR) is 79.7 cm³/mol. The van der Waals surface area contributed by atoms with Crippen LogP contribution in [0.15, 0.2) is 18.2 Å². The summed E-state index contributed by atoms with van der Waals surface area (Å²) in [4.78, 5) is 12.4. The van der Waals surface area contributed by atoms with E-state index in [1.807, 2.05) is 0 Å². The Labute approximate surface area is 124 Å². The van der Waals surface area contributed by atoms with Crippen molar-refractivity contribution in [2.24, 2.45) is 5.92 Å². The summed E-state index contributed by atoms with van der Waals surface area (Å²) in [5.41, 5.74) is 0.849. The van der Waals surface area contributed by atoms with E-state index in [2.05, 4.69) is 12.2 Å². The topological polar surface area (TPSA) is 29.1 Å². The van der Waals surface area contributed by atoms with Crippen LogP contribution in [0.25, 0.3) is 0 Å². The van der Waals surface area contributed by atoms with Gasteiger partial charge in [-0.1, -0.05) is 19.8 Å². The van der Waals surface area contributed by atoms with Gasteiger partial charge < -0.3 is 5.32 Å². The first-order valence-corrected chi connectivity index (χ1v) is 7.64. The van der Waals surface area contributed by atoms with Crippen LogP contribution in [0.3, 0.4) is 0 Å². The highest BCUT2D eigenvalue weighted by Crippen LogP contribution is 2.33. The van der Waals surface area contributed by atoms with Crippen LogP contribution in [-0.2, 0) is 0 Å². The first-order chi connectivity index (χ1) is 9.46. The van der Waals surface area contributed by atoms with Gasteiger partial charge in [-0.3, -0.25) is 4.79 Å². The van der Waals surface area contributed by atoms with Crippen molar-refractivity contribution in [3.63, 3.8) is 0 Å². The summed E-state index contributed by atoms with van der Waals surface area (Å²) in [6, 6.07) is 4.23. The van der Waals surface area contributed by atoms with E-state index in [4.69, 9.17) is 11.6 Å². The maximum absolute atomic E-state index is 13.1. The SMILES string of the molecule is Cc1cc(F)ccc1C(=O)NC1(CCl)CCCC(C)C1. The molecule has 2 rings (SSSR count). The van der Waals surface area contributed by atoms with Crippen molar-refractivity contribution in [3.05, 3.63) is 35.1 Å². The van der Waals surface area contributed by atoms with Crippen molar-refractivity contribution in [2.45, 2.75) is 45.1 Å². The number of carbonyl (C=O) groups excluding carboxylic acids is 1. The molecule has 1 aromatic rings. The number of alkyl halides is 1. The third kappa shape index (κ3) is 3.32. The van der Waals surface area contributed by atoms with Crippen LogP contribution >= 0.6 is 11.6 Å². The van der Waals surface area contributed by atoms with Gasteiger partial charge in [0.2, 0.25) is 0 Å². The van der Waals surface area contributed by atoms with Crippen molar-refractivity contribution >= 4 is 17.5 Å². The standard InChI is InChI=1S/C16H21ClFNO/c1-11-4-3-7-16(9-11,10-17)19-15(20)14-6-5-13(18)8-12(14)2/h5-6,8,11H,3-4,7,9-10H2,1-2H3,(H,19,20). The largest absolute Gasteiger partial charge is 0.345 e. The molecule has 1 saturated carbocycles. The molecule has 20 heavy (non-hydrogen) atoms. The second-order valence-corrected chi connectivity index (χ2v) is 6.30. The molecule has 0 saturated heterocycles. The van der Waals surface area contributed by atoms with Gasteiger partial charge in [-0.15, -0.1) is 11.6 Å². The Kier molecular flexibility index (Phi) is 4.69. The van der Waals surface area contributed by atoms with Gasteiger partial charge in [0.25, 0.3) is 5.91 Å². The Morgan fingerprint density at radius 2 is 2.30 bits per heavy atom. The molecule has 1 aliphatic rings. The Balaban J connectivity index is 2.16. The number of nitrogens with one attached hydrogen (secondary N) is 1. The fraction of sp³-hybridized carbons (Fsp3) is 0.562. The van der Waals surface area contributed by atoms with Crippen LogP contribution in [0.4, 0.5) is 4.39 Å². The Bertz CT molecular complexity index is 505. The predicted octanol–water partition coefficient (Wildman–Crippen LogP) is 4.05. The maximum atomic E-state index is 13.1. The molecule has 0 bridgehead atoms. The maximum Gasteiger partial charge on any atom is 0.252 e. The Morgan fingerprint density at radius 3 is 2.90 bits per heavy atom. The average molecular weight is 298 g/mol. The third-order valence-electron chi connectivity index (χ3n) is 4.16. The summed E-state index contributed by atoms with van der Waals surface area (Å²) in [6.07, 6.45) is 4.08. The van der Waals surface area contributed by atoms with Crippen LogP contribution < -0.4 is 5.32 Å². The average Bonchev–Trinajstić information content (AvgIpc) is 2.38. The molecule has 0 spiro atoms. The highest BCUT2D eigenvalue weighted by molar-refractivity contribution is 6.19. The van der Waals surface area contributed by atoms with Gasteiger partial charge in [0.15, 0.2) is 0 Å². The zero-order chi connectivity index (χ0) is 14.8. The van der Waals surface area contributed by atoms with Crippen molar-refractivity contribution in [2.75, 3.05) is 5.88 Å². The summed E-state index contributed by atoms with van der Waals surface area (Å²) in [7, 11) is 0. The first kappa shape index (κ1) is 15.3. The summed E-state index contributed by atoms with van der Waals surface area (Å²) in [5.74, 6) is 0.510. The molecule has 0 aromatic heterocycles. The lowest BCUT2D eigenvalue weighted by Crippen LogP contribution is -2.52. The number of hydrogen-bond donors (Lipinski definition) is 1. The molecular formula is C16H21ClFNO. The molecule has 2 unspecified atom stereocenters. The lowest BCUT2D eigenvalue weighted by atomic mass is 9.77. The fourth-order valence-electron chi connectivity index (χ4n) is 3.12. The zero-order valence-corrected chi connectivity index (χ0v) is 12.8. The second-order valence-electron chi connectivity index (χ2n) is 6.03. The molecule has 1 amide bonds. The normalized spacial score (nSPS) is 26.3. The van der Waals surface area contributed by atoms with E-state index in [-0.39, 0.29) is 17.3 Å². The second kappa shape index (κ2) is 6.13. The van der Waals surface area contributed by atoms with E-state index in [9.17, 15) is 9.18 Å². The lowest BCUT2D eigenvalue weighted by Gasteiger charge is -2.39. The number of rotatable bonds is 3. The quantitative estimate of drug-likeness (QED) is 0.838. The molecule has 110 valence electrons. The van der Waals surface area contributed by atoms with Crippen molar-refractivity contribution < 1.29 is 9.18 Å². The molecular weight excluding hydrogens is 277 g/mol. The highest BCUT2D eigenvalue weighted by atomic mass is 35.5. The van der Waals surface area contributed by atoms with Crippen molar-refractivity contribution in [1.29, 1.82) is 0 Å². The van der Waals surface area contributed by atoms with Gasteiger partial charge in [-0.2, -0.15) is 0 Å². The summed E-state index contributed by atoms with van der Waals surface area (Å²) in [5, 5.41) is 3.10. The van der Waals surface area contributed by atoms with E-state index < -0.39 is 0 Å². The highest BCUT2D eigenvalue weighted by Gasteiger charge is 2.35. The van der Waals surface area contributed by atoms with E-state index in [1.54, 1.807) is 6.92 Å². The van der Waals surface area contributed by atoms with E-state index in [0.717, 1.165) is 19.3 Å². The van der Waals surface area contributed by atoms with Crippen LogP contribution in [0.1, 0.15) is 48.5 Å². The minimum absolute atomic E-state index is 0.155. The van der Waals surface area contributed by atoms with Gasteiger partial charge >= 0.3 is 0 Å². The number of hydrogen-bond acceptors (Lipinski definition) is 1. The van der Waals surface area contributed by atoms with E-state index >= 15 is 0 Å². The molecule has 1 aliphatic carbocycles. The van der Waals surface area contributed by atoms with Gasteiger partial charge in [-0.05, 0) is 49.4 Å². The lowest BCUT2D eigenvalue weighted by molar-refractivity contribution is 0.0866. The summed E-state index contributed by atoms with van der Waals surface area (Å²) < 4.78 is 13.1. The van der Waals surface area contributed by atoms with Gasteiger partial charge in [-0.25, -0.2) is 4.39 Å². The van der Waals surface area contributed by atoms with E-state index in [0.29, 0.717) is 22.9 Å². The smallest absolute Gasteiger partial charge is 0.252 e. The number of benzene rings is 1. The monoisotopic (exact) mass is 297 g/mol. The third-order valence-corrected chi connectivity index (χ3v) is 4.67. The van der Waals surface area contributed by atoms with Gasteiger partial charge in [0, 0.05) is 11.4 Å². The van der Waals surface area contributed by atoms with Crippen molar-refractivity contribution in [3.8, 4) is 0 Å². The minimum atomic E-state index is -0.322. The molecule has 1 N–H and O–H groups in total. The van der Waals surface area contributed by atoms with Crippen LogP contribution in [0.5, 0.6) is 0 Å².